The molecule has 2 rings (SSSR count). The second kappa shape index (κ2) is 9.54. The molecular formula is C23H32O4. The third kappa shape index (κ3) is 5.81. The Bertz CT molecular complexity index is 750. The molecular weight excluding hydrogens is 340 g/mol. The van der Waals surface area contributed by atoms with Gasteiger partial charge in [-0.3, -0.25) is 0 Å². The number of aryl methyl sites for hydroxylation is 2. The van der Waals surface area contributed by atoms with Crippen molar-refractivity contribution in [2.75, 3.05) is 7.11 Å². The Morgan fingerprint density at radius 1 is 0.889 bits per heavy atom. The van der Waals surface area contributed by atoms with Crippen molar-refractivity contribution in [2.24, 2.45) is 0 Å². The number of methoxy groups -OCH3 is 1. The van der Waals surface area contributed by atoms with Crippen molar-refractivity contribution < 1.29 is 19.3 Å². The minimum absolute atomic E-state index is 0.109. The highest BCUT2D eigenvalue weighted by atomic mass is 16.5. The first-order chi connectivity index (χ1) is 12.8. The zero-order valence-corrected chi connectivity index (χ0v) is 17.3. The number of hydrogen-bond donors (Lipinski definition) is 1. The zero-order valence-electron chi connectivity index (χ0n) is 17.3. The molecule has 0 unspecified atom stereocenters. The number of phenols is 1. The van der Waals surface area contributed by atoms with Crippen LogP contribution in [-0.2, 0) is 12.8 Å². The monoisotopic (exact) mass is 372 g/mol. The Morgan fingerprint density at radius 3 is 2.15 bits per heavy atom. The van der Waals surface area contributed by atoms with Crippen LogP contribution in [0.3, 0.4) is 0 Å². The third-order valence-corrected chi connectivity index (χ3v) is 4.33. The smallest absolute Gasteiger partial charge is 0.128 e. The Labute approximate surface area is 163 Å². The fourth-order valence-corrected chi connectivity index (χ4v) is 3.14. The van der Waals surface area contributed by atoms with E-state index in [0.717, 1.165) is 47.6 Å². The van der Waals surface area contributed by atoms with Gasteiger partial charge in [0, 0.05) is 11.6 Å². The molecule has 0 saturated heterocycles. The Kier molecular flexibility index (Phi) is 7.40. The van der Waals surface area contributed by atoms with E-state index in [1.807, 2.05) is 52.8 Å². The van der Waals surface area contributed by atoms with Crippen molar-refractivity contribution >= 4 is 0 Å². The van der Waals surface area contributed by atoms with Gasteiger partial charge in [0.15, 0.2) is 0 Å². The van der Waals surface area contributed by atoms with Crippen molar-refractivity contribution in [1.29, 1.82) is 0 Å². The topological polar surface area (TPSA) is 47.9 Å². The molecule has 4 nitrogen and oxygen atoms in total. The Hall–Kier alpha value is -2.36. The molecule has 27 heavy (non-hydrogen) atoms. The van der Waals surface area contributed by atoms with Gasteiger partial charge in [0.1, 0.15) is 23.0 Å². The quantitative estimate of drug-likeness (QED) is 0.635. The summed E-state index contributed by atoms with van der Waals surface area (Å²) in [7, 11) is 1.65. The number of phenolic OH excluding ortho intramolecular Hbond substituents is 1. The number of hydrogen-bond acceptors (Lipinski definition) is 4. The minimum Gasteiger partial charge on any atom is -0.508 e. The number of rotatable bonds is 9. The van der Waals surface area contributed by atoms with Gasteiger partial charge in [-0.1, -0.05) is 12.1 Å². The summed E-state index contributed by atoms with van der Waals surface area (Å²) in [5.74, 6) is 2.76. The van der Waals surface area contributed by atoms with Crippen molar-refractivity contribution in [2.45, 2.75) is 66.1 Å². The van der Waals surface area contributed by atoms with Crippen LogP contribution >= 0.6 is 0 Å². The van der Waals surface area contributed by atoms with Crippen LogP contribution in [0.5, 0.6) is 23.0 Å². The molecule has 0 radical (unpaired) electrons. The second-order valence-electron chi connectivity index (χ2n) is 7.36. The standard InChI is InChI=1S/C23H32O4/c1-15(2)26-20-12-10-18(22(14-20)27-16(3)4)8-7-9-19-11-13-21(24)17(5)23(19)25-6/h10-16,24H,7-9H2,1-6H3. The average molecular weight is 373 g/mol. The molecule has 0 aliphatic carbocycles. The molecule has 0 spiro atoms. The molecule has 0 aliphatic heterocycles. The number of ether oxygens (including phenoxy) is 3. The first kappa shape index (κ1) is 20.9. The minimum atomic E-state index is 0.109. The van der Waals surface area contributed by atoms with E-state index in [1.165, 1.54) is 5.56 Å². The highest BCUT2D eigenvalue weighted by molar-refractivity contribution is 5.48. The molecule has 0 amide bonds. The third-order valence-electron chi connectivity index (χ3n) is 4.33. The summed E-state index contributed by atoms with van der Waals surface area (Å²) in [6, 6.07) is 9.76. The molecule has 148 valence electrons. The fraction of sp³-hybridized carbons (Fsp3) is 0.478. The average Bonchev–Trinajstić information content (AvgIpc) is 2.59. The van der Waals surface area contributed by atoms with Gasteiger partial charge in [-0.25, -0.2) is 0 Å². The molecule has 0 aromatic heterocycles. The summed E-state index contributed by atoms with van der Waals surface area (Å²) < 4.78 is 17.3. The van der Waals surface area contributed by atoms with Crippen molar-refractivity contribution in [3.63, 3.8) is 0 Å². The summed E-state index contributed by atoms with van der Waals surface area (Å²) in [5.41, 5.74) is 3.07. The van der Waals surface area contributed by atoms with Crippen LogP contribution in [-0.4, -0.2) is 24.4 Å². The number of benzene rings is 2. The zero-order chi connectivity index (χ0) is 20.0. The van der Waals surface area contributed by atoms with Crippen LogP contribution in [0.1, 0.15) is 50.8 Å². The SMILES string of the molecule is COc1c(CCCc2ccc(OC(C)C)cc2OC(C)C)ccc(O)c1C. The fourth-order valence-electron chi connectivity index (χ4n) is 3.14. The molecule has 0 fully saturated rings. The van der Waals surface area contributed by atoms with E-state index in [2.05, 4.69) is 6.07 Å². The predicted molar refractivity (Wildman–Crippen MR) is 109 cm³/mol. The lowest BCUT2D eigenvalue weighted by molar-refractivity contribution is 0.227. The Balaban J connectivity index is 2.12. The van der Waals surface area contributed by atoms with Crippen molar-refractivity contribution in [3.8, 4) is 23.0 Å². The maximum atomic E-state index is 9.86. The first-order valence-electron chi connectivity index (χ1n) is 9.63. The first-order valence-corrected chi connectivity index (χ1v) is 9.63. The van der Waals surface area contributed by atoms with E-state index >= 15 is 0 Å². The summed E-state index contributed by atoms with van der Waals surface area (Å²) in [4.78, 5) is 0. The molecule has 0 heterocycles. The summed E-state index contributed by atoms with van der Waals surface area (Å²) in [5, 5.41) is 9.86. The van der Waals surface area contributed by atoms with E-state index in [0.29, 0.717) is 0 Å². The maximum absolute atomic E-state index is 9.86. The highest BCUT2D eigenvalue weighted by Crippen LogP contribution is 2.32. The molecule has 0 saturated carbocycles. The largest absolute Gasteiger partial charge is 0.508 e. The van der Waals surface area contributed by atoms with E-state index in [4.69, 9.17) is 14.2 Å². The second-order valence-corrected chi connectivity index (χ2v) is 7.36. The van der Waals surface area contributed by atoms with Crippen LogP contribution in [0.15, 0.2) is 30.3 Å². The van der Waals surface area contributed by atoms with Crippen molar-refractivity contribution in [3.05, 3.63) is 47.0 Å². The van der Waals surface area contributed by atoms with E-state index in [1.54, 1.807) is 13.2 Å². The van der Waals surface area contributed by atoms with E-state index in [-0.39, 0.29) is 18.0 Å². The van der Waals surface area contributed by atoms with Gasteiger partial charge >= 0.3 is 0 Å². The molecule has 0 aliphatic rings. The normalized spacial score (nSPS) is 11.1. The van der Waals surface area contributed by atoms with Crippen LogP contribution < -0.4 is 14.2 Å². The van der Waals surface area contributed by atoms with Crippen LogP contribution in [0.2, 0.25) is 0 Å². The lowest BCUT2D eigenvalue weighted by atomic mass is 10.0. The van der Waals surface area contributed by atoms with E-state index in [9.17, 15) is 5.11 Å². The number of aromatic hydroxyl groups is 1. The summed E-state index contributed by atoms with van der Waals surface area (Å²) in [6.07, 6.45) is 2.97. The lowest BCUT2D eigenvalue weighted by Gasteiger charge is -2.17. The van der Waals surface area contributed by atoms with Gasteiger partial charge in [-0.15, -0.1) is 0 Å². The van der Waals surface area contributed by atoms with Gasteiger partial charge in [-0.2, -0.15) is 0 Å². The maximum Gasteiger partial charge on any atom is 0.128 e. The van der Waals surface area contributed by atoms with Gasteiger partial charge in [0.25, 0.3) is 0 Å². The van der Waals surface area contributed by atoms with Gasteiger partial charge in [0.2, 0.25) is 0 Å². The summed E-state index contributed by atoms with van der Waals surface area (Å²) >= 11 is 0. The van der Waals surface area contributed by atoms with Crippen molar-refractivity contribution in [1.82, 2.24) is 0 Å². The van der Waals surface area contributed by atoms with Crippen LogP contribution in [0, 0.1) is 6.92 Å². The highest BCUT2D eigenvalue weighted by Gasteiger charge is 2.12. The Morgan fingerprint density at radius 2 is 1.52 bits per heavy atom. The van der Waals surface area contributed by atoms with Crippen LogP contribution in [0.25, 0.3) is 0 Å². The molecule has 2 aromatic carbocycles. The molecule has 0 atom stereocenters. The van der Waals surface area contributed by atoms with Crippen LogP contribution in [0.4, 0.5) is 0 Å². The van der Waals surface area contributed by atoms with Gasteiger partial charge in [-0.05, 0) is 77.1 Å². The van der Waals surface area contributed by atoms with E-state index < -0.39 is 0 Å². The summed E-state index contributed by atoms with van der Waals surface area (Å²) in [6.45, 7) is 9.97. The lowest BCUT2D eigenvalue weighted by Crippen LogP contribution is -2.09. The van der Waals surface area contributed by atoms with Gasteiger partial charge < -0.3 is 19.3 Å². The molecule has 2 aromatic rings. The van der Waals surface area contributed by atoms with Gasteiger partial charge in [0.05, 0.1) is 19.3 Å². The molecule has 4 heteroatoms. The molecule has 0 bridgehead atoms. The predicted octanol–water partition coefficient (Wildman–Crippen LogP) is 5.46. The molecule has 1 N–H and O–H groups in total.